The standard InChI is InChI=1S/C11H12ClNO2/c12-9-6-13-10(11(14)15)5-8(9)7-3-1-2-4-7/h5-7H,1-4H2,(H,14,15). The van der Waals surface area contributed by atoms with Gasteiger partial charge in [-0.3, -0.25) is 0 Å². The summed E-state index contributed by atoms with van der Waals surface area (Å²) < 4.78 is 0. The molecule has 1 fully saturated rings. The van der Waals surface area contributed by atoms with E-state index in [-0.39, 0.29) is 5.69 Å². The first-order chi connectivity index (χ1) is 7.18. The van der Waals surface area contributed by atoms with E-state index in [4.69, 9.17) is 16.7 Å². The molecular weight excluding hydrogens is 214 g/mol. The molecule has 0 radical (unpaired) electrons. The summed E-state index contributed by atoms with van der Waals surface area (Å²) in [6, 6.07) is 1.61. The van der Waals surface area contributed by atoms with Crippen molar-refractivity contribution < 1.29 is 9.90 Å². The highest BCUT2D eigenvalue weighted by atomic mass is 35.5. The van der Waals surface area contributed by atoms with Gasteiger partial charge in [0.1, 0.15) is 5.69 Å². The van der Waals surface area contributed by atoms with Gasteiger partial charge in [-0.1, -0.05) is 24.4 Å². The van der Waals surface area contributed by atoms with E-state index in [9.17, 15) is 4.79 Å². The summed E-state index contributed by atoms with van der Waals surface area (Å²) in [6.45, 7) is 0. The van der Waals surface area contributed by atoms with Crippen LogP contribution >= 0.6 is 11.6 Å². The summed E-state index contributed by atoms with van der Waals surface area (Å²) in [4.78, 5) is 14.6. The van der Waals surface area contributed by atoms with Crippen LogP contribution in [0.4, 0.5) is 0 Å². The molecule has 0 atom stereocenters. The third-order valence-corrected chi connectivity index (χ3v) is 3.21. The van der Waals surface area contributed by atoms with E-state index in [1.807, 2.05) is 0 Å². The Morgan fingerprint density at radius 3 is 2.73 bits per heavy atom. The molecule has 1 aliphatic rings. The maximum atomic E-state index is 10.8. The number of carboxylic acid groups (broad SMARTS) is 1. The van der Waals surface area contributed by atoms with Crippen LogP contribution in [-0.4, -0.2) is 16.1 Å². The monoisotopic (exact) mass is 225 g/mol. The molecule has 80 valence electrons. The molecule has 0 spiro atoms. The Morgan fingerprint density at radius 1 is 1.47 bits per heavy atom. The highest BCUT2D eigenvalue weighted by molar-refractivity contribution is 6.31. The van der Waals surface area contributed by atoms with E-state index in [0.717, 1.165) is 18.4 Å². The van der Waals surface area contributed by atoms with Gasteiger partial charge in [0.05, 0.1) is 5.02 Å². The Balaban J connectivity index is 2.35. The summed E-state index contributed by atoms with van der Waals surface area (Å²) in [5.74, 6) is -0.579. The van der Waals surface area contributed by atoms with Crippen LogP contribution in [0.25, 0.3) is 0 Å². The van der Waals surface area contributed by atoms with Gasteiger partial charge in [0.15, 0.2) is 0 Å². The van der Waals surface area contributed by atoms with Gasteiger partial charge in [0, 0.05) is 6.20 Å². The quantitative estimate of drug-likeness (QED) is 0.842. The summed E-state index contributed by atoms with van der Waals surface area (Å²) >= 11 is 6.03. The van der Waals surface area contributed by atoms with Crippen LogP contribution in [0.3, 0.4) is 0 Å². The number of aromatic carboxylic acids is 1. The third-order valence-electron chi connectivity index (χ3n) is 2.90. The van der Waals surface area contributed by atoms with Crippen LogP contribution in [0.2, 0.25) is 5.02 Å². The highest BCUT2D eigenvalue weighted by Crippen LogP contribution is 2.37. The largest absolute Gasteiger partial charge is 0.477 e. The Kier molecular flexibility index (Phi) is 2.91. The van der Waals surface area contributed by atoms with Crippen molar-refractivity contribution in [3.05, 3.63) is 28.5 Å². The molecule has 1 aromatic rings. The molecule has 0 saturated heterocycles. The van der Waals surface area contributed by atoms with Gasteiger partial charge >= 0.3 is 5.97 Å². The normalized spacial score (nSPS) is 16.9. The first-order valence-corrected chi connectivity index (χ1v) is 5.45. The van der Waals surface area contributed by atoms with Crippen molar-refractivity contribution in [1.29, 1.82) is 0 Å². The lowest BCUT2D eigenvalue weighted by molar-refractivity contribution is 0.0690. The number of carbonyl (C=O) groups is 1. The van der Waals surface area contributed by atoms with Gasteiger partial charge in [-0.25, -0.2) is 9.78 Å². The van der Waals surface area contributed by atoms with Crippen LogP contribution in [-0.2, 0) is 0 Å². The number of pyridine rings is 1. The SMILES string of the molecule is O=C(O)c1cc(C2CCCC2)c(Cl)cn1. The number of halogens is 1. The molecule has 0 aliphatic heterocycles. The zero-order valence-electron chi connectivity index (χ0n) is 8.24. The van der Waals surface area contributed by atoms with Crippen molar-refractivity contribution in [2.45, 2.75) is 31.6 Å². The fourth-order valence-electron chi connectivity index (χ4n) is 2.12. The van der Waals surface area contributed by atoms with Gasteiger partial charge in [0.25, 0.3) is 0 Å². The molecule has 1 aliphatic carbocycles. The fraction of sp³-hybridized carbons (Fsp3) is 0.455. The Labute approximate surface area is 93.1 Å². The first kappa shape index (κ1) is 10.4. The van der Waals surface area contributed by atoms with E-state index >= 15 is 0 Å². The predicted octanol–water partition coefficient (Wildman–Crippen LogP) is 3.09. The fourth-order valence-corrected chi connectivity index (χ4v) is 2.38. The minimum absolute atomic E-state index is 0.0845. The number of nitrogens with zero attached hydrogens (tertiary/aromatic N) is 1. The van der Waals surface area contributed by atoms with Crippen LogP contribution in [0.5, 0.6) is 0 Å². The van der Waals surface area contributed by atoms with Gasteiger partial charge in [-0.05, 0) is 30.4 Å². The zero-order valence-corrected chi connectivity index (χ0v) is 9.00. The molecule has 0 bridgehead atoms. The van der Waals surface area contributed by atoms with Gasteiger partial charge in [-0.2, -0.15) is 0 Å². The van der Waals surface area contributed by atoms with Crippen LogP contribution in [0.15, 0.2) is 12.3 Å². The summed E-state index contributed by atoms with van der Waals surface area (Å²) in [6.07, 6.45) is 6.04. The number of hydrogen-bond acceptors (Lipinski definition) is 2. The van der Waals surface area contributed by atoms with Gasteiger partial charge in [-0.15, -0.1) is 0 Å². The second-order valence-electron chi connectivity index (χ2n) is 3.88. The summed E-state index contributed by atoms with van der Waals surface area (Å²) in [7, 11) is 0. The van der Waals surface area contributed by atoms with Crippen LogP contribution < -0.4 is 0 Å². The molecular formula is C11H12ClNO2. The minimum atomic E-state index is -0.995. The van der Waals surface area contributed by atoms with Gasteiger partial charge < -0.3 is 5.11 Å². The number of aromatic nitrogens is 1. The lowest BCUT2D eigenvalue weighted by Gasteiger charge is -2.11. The molecule has 0 unspecified atom stereocenters. The van der Waals surface area contributed by atoms with E-state index in [1.54, 1.807) is 6.07 Å². The summed E-state index contributed by atoms with van der Waals surface area (Å²) in [5.41, 5.74) is 1.03. The van der Waals surface area contributed by atoms with Crippen molar-refractivity contribution in [3.8, 4) is 0 Å². The van der Waals surface area contributed by atoms with Gasteiger partial charge in [0.2, 0.25) is 0 Å². The summed E-state index contributed by atoms with van der Waals surface area (Å²) in [5, 5.41) is 9.43. The second kappa shape index (κ2) is 4.19. The molecule has 4 heteroatoms. The van der Waals surface area contributed by atoms with Crippen LogP contribution in [0, 0.1) is 0 Å². The second-order valence-corrected chi connectivity index (χ2v) is 4.28. The minimum Gasteiger partial charge on any atom is -0.477 e. The maximum Gasteiger partial charge on any atom is 0.354 e. The molecule has 3 nitrogen and oxygen atoms in total. The first-order valence-electron chi connectivity index (χ1n) is 5.07. The number of carboxylic acids is 1. The average Bonchev–Trinajstić information content (AvgIpc) is 2.71. The molecule has 2 rings (SSSR count). The number of hydrogen-bond donors (Lipinski definition) is 1. The van der Waals surface area contributed by atoms with Crippen molar-refractivity contribution in [1.82, 2.24) is 4.98 Å². The van der Waals surface area contributed by atoms with E-state index < -0.39 is 5.97 Å². The van der Waals surface area contributed by atoms with Crippen molar-refractivity contribution >= 4 is 17.6 Å². The highest BCUT2D eigenvalue weighted by Gasteiger charge is 2.21. The molecule has 0 aromatic carbocycles. The Morgan fingerprint density at radius 2 is 2.13 bits per heavy atom. The van der Waals surface area contributed by atoms with Crippen molar-refractivity contribution in [2.75, 3.05) is 0 Å². The number of rotatable bonds is 2. The molecule has 1 heterocycles. The molecule has 0 amide bonds. The maximum absolute atomic E-state index is 10.8. The molecule has 1 aromatic heterocycles. The smallest absolute Gasteiger partial charge is 0.354 e. The molecule has 1 N–H and O–H groups in total. The molecule has 1 saturated carbocycles. The lowest BCUT2D eigenvalue weighted by atomic mass is 9.98. The zero-order chi connectivity index (χ0) is 10.8. The van der Waals surface area contributed by atoms with E-state index in [0.29, 0.717) is 10.9 Å². The van der Waals surface area contributed by atoms with Crippen molar-refractivity contribution in [3.63, 3.8) is 0 Å². The topological polar surface area (TPSA) is 50.2 Å². The third kappa shape index (κ3) is 2.12. The Hall–Kier alpha value is -1.09. The molecule has 15 heavy (non-hydrogen) atoms. The lowest BCUT2D eigenvalue weighted by Crippen LogP contribution is -2.03. The van der Waals surface area contributed by atoms with Crippen molar-refractivity contribution in [2.24, 2.45) is 0 Å². The average molecular weight is 226 g/mol. The predicted molar refractivity (Wildman–Crippen MR) is 57.4 cm³/mol. The van der Waals surface area contributed by atoms with E-state index in [1.165, 1.54) is 19.0 Å². The van der Waals surface area contributed by atoms with E-state index in [2.05, 4.69) is 4.98 Å². The Bertz CT molecular complexity index is 386. The van der Waals surface area contributed by atoms with Crippen LogP contribution in [0.1, 0.15) is 47.7 Å².